The van der Waals surface area contributed by atoms with E-state index in [1.807, 2.05) is 26.0 Å². The quantitative estimate of drug-likeness (QED) is 0.711. The Bertz CT molecular complexity index is 617. The number of carbonyl (C=O) groups is 1. The summed E-state index contributed by atoms with van der Waals surface area (Å²) >= 11 is 0. The van der Waals surface area contributed by atoms with Gasteiger partial charge in [-0.25, -0.2) is 0 Å². The Morgan fingerprint density at radius 1 is 1.17 bits per heavy atom. The van der Waals surface area contributed by atoms with Crippen molar-refractivity contribution in [3.05, 3.63) is 48.0 Å². The molecule has 1 heterocycles. The number of hydrogen-bond donors (Lipinski definition) is 0. The van der Waals surface area contributed by atoms with Crippen LogP contribution >= 0.6 is 0 Å². The number of rotatable bonds is 1. The van der Waals surface area contributed by atoms with Crippen molar-refractivity contribution < 1.29 is 9.53 Å². The first-order valence-electron chi connectivity index (χ1n) is 6.31. The third-order valence-corrected chi connectivity index (χ3v) is 3.78. The van der Waals surface area contributed by atoms with E-state index in [2.05, 4.69) is 30.3 Å². The lowest BCUT2D eigenvalue weighted by Gasteiger charge is -2.23. The Labute approximate surface area is 107 Å². The van der Waals surface area contributed by atoms with Crippen LogP contribution in [0.5, 0.6) is 0 Å². The van der Waals surface area contributed by atoms with Crippen LogP contribution in [0.3, 0.4) is 0 Å². The van der Waals surface area contributed by atoms with Crippen molar-refractivity contribution in [3.63, 3.8) is 0 Å². The van der Waals surface area contributed by atoms with Gasteiger partial charge in [0.1, 0.15) is 5.60 Å². The summed E-state index contributed by atoms with van der Waals surface area (Å²) in [6, 6.07) is 14.5. The summed E-state index contributed by atoms with van der Waals surface area (Å²) in [4.78, 5) is 11.6. The highest BCUT2D eigenvalue weighted by Crippen LogP contribution is 2.40. The molecule has 2 aromatic rings. The SMILES string of the molecule is C[C@H]1C[C@](C)(c2ccc3ccccc3c2)OC1=O. The third-order valence-electron chi connectivity index (χ3n) is 3.78. The van der Waals surface area contributed by atoms with Gasteiger partial charge in [-0.15, -0.1) is 0 Å². The van der Waals surface area contributed by atoms with E-state index in [1.54, 1.807) is 0 Å². The minimum atomic E-state index is -0.472. The Morgan fingerprint density at radius 2 is 1.89 bits per heavy atom. The number of ether oxygens (including phenoxy) is 1. The molecular formula is C16H16O2. The molecule has 92 valence electrons. The van der Waals surface area contributed by atoms with Crippen LogP contribution in [0.2, 0.25) is 0 Å². The molecule has 3 rings (SSSR count). The molecule has 0 aromatic heterocycles. The van der Waals surface area contributed by atoms with Gasteiger partial charge in [0.25, 0.3) is 0 Å². The second kappa shape index (κ2) is 3.84. The van der Waals surface area contributed by atoms with Gasteiger partial charge >= 0.3 is 5.97 Å². The molecule has 1 saturated heterocycles. The predicted molar refractivity (Wildman–Crippen MR) is 71.2 cm³/mol. The van der Waals surface area contributed by atoms with Crippen LogP contribution in [0, 0.1) is 5.92 Å². The fraction of sp³-hybridized carbons (Fsp3) is 0.312. The lowest BCUT2D eigenvalue weighted by atomic mass is 9.88. The maximum Gasteiger partial charge on any atom is 0.309 e. The molecular weight excluding hydrogens is 224 g/mol. The highest BCUT2D eigenvalue weighted by Gasteiger charge is 2.42. The molecule has 2 atom stereocenters. The highest BCUT2D eigenvalue weighted by molar-refractivity contribution is 5.83. The van der Waals surface area contributed by atoms with Crippen LogP contribution < -0.4 is 0 Å². The maximum atomic E-state index is 11.6. The van der Waals surface area contributed by atoms with Crippen molar-refractivity contribution in [3.8, 4) is 0 Å². The van der Waals surface area contributed by atoms with Gasteiger partial charge in [-0.05, 0) is 29.3 Å². The zero-order valence-corrected chi connectivity index (χ0v) is 10.6. The van der Waals surface area contributed by atoms with Crippen molar-refractivity contribution in [2.45, 2.75) is 25.9 Å². The average molecular weight is 240 g/mol. The van der Waals surface area contributed by atoms with Gasteiger partial charge in [-0.3, -0.25) is 4.79 Å². The molecule has 2 aromatic carbocycles. The normalized spacial score (nSPS) is 27.4. The molecule has 0 saturated carbocycles. The Balaban J connectivity index is 2.07. The molecule has 0 bridgehead atoms. The van der Waals surface area contributed by atoms with E-state index in [0.29, 0.717) is 0 Å². The van der Waals surface area contributed by atoms with Crippen molar-refractivity contribution >= 4 is 16.7 Å². The van der Waals surface area contributed by atoms with E-state index in [-0.39, 0.29) is 11.9 Å². The number of carbonyl (C=O) groups excluding carboxylic acids is 1. The Kier molecular flexibility index (Phi) is 2.40. The second-order valence-electron chi connectivity index (χ2n) is 5.32. The smallest absolute Gasteiger partial charge is 0.309 e. The first-order chi connectivity index (χ1) is 8.58. The molecule has 1 aliphatic rings. The van der Waals surface area contributed by atoms with E-state index < -0.39 is 5.60 Å². The molecule has 2 nitrogen and oxygen atoms in total. The molecule has 2 heteroatoms. The molecule has 0 spiro atoms. The average Bonchev–Trinajstić information content (AvgIpc) is 2.64. The number of benzene rings is 2. The minimum absolute atomic E-state index is 0.0125. The summed E-state index contributed by atoms with van der Waals surface area (Å²) in [6.45, 7) is 3.92. The second-order valence-corrected chi connectivity index (χ2v) is 5.32. The summed E-state index contributed by atoms with van der Waals surface area (Å²) in [7, 11) is 0. The maximum absolute atomic E-state index is 11.6. The molecule has 18 heavy (non-hydrogen) atoms. The summed E-state index contributed by atoms with van der Waals surface area (Å²) in [5, 5.41) is 2.40. The van der Waals surface area contributed by atoms with Crippen molar-refractivity contribution in [1.82, 2.24) is 0 Å². The van der Waals surface area contributed by atoms with E-state index in [0.717, 1.165) is 12.0 Å². The number of hydrogen-bond acceptors (Lipinski definition) is 2. The Morgan fingerprint density at radius 3 is 2.56 bits per heavy atom. The van der Waals surface area contributed by atoms with Crippen LogP contribution in [0.1, 0.15) is 25.8 Å². The fourth-order valence-electron chi connectivity index (χ4n) is 2.73. The van der Waals surface area contributed by atoms with E-state index in [1.165, 1.54) is 10.8 Å². The van der Waals surface area contributed by atoms with Gasteiger partial charge in [0.15, 0.2) is 0 Å². The van der Waals surface area contributed by atoms with Gasteiger partial charge in [-0.2, -0.15) is 0 Å². The largest absolute Gasteiger partial charge is 0.454 e. The van der Waals surface area contributed by atoms with Crippen LogP contribution in [-0.4, -0.2) is 5.97 Å². The highest BCUT2D eigenvalue weighted by atomic mass is 16.6. The first kappa shape index (κ1) is 11.3. The van der Waals surface area contributed by atoms with Crippen LogP contribution in [-0.2, 0) is 15.1 Å². The van der Waals surface area contributed by atoms with Crippen LogP contribution in [0.25, 0.3) is 10.8 Å². The van der Waals surface area contributed by atoms with E-state index >= 15 is 0 Å². The lowest BCUT2D eigenvalue weighted by Crippen LogP contribution is -2.20. The molecule has 0 unspecified atom stereocenters. The van der Waals surface area contributed by atoms with E-state index in [9.17, 15) is 4.79 Å². The fourth-order valence-corrected chi connectivity index (χ4v) is 2.73. The van der Waals surface area contributed by atoms with Crippen molar-refractivity contribution in [2.75, 3.05) is 0 Å². The molecule has 0 radical (unpaired) electrons. The van der Waals surface area contributed by atoms with Gasteiger partial charge in [0.05, 0.1) is 5.92 Å². The van der Waals surface area contributed by atoms with Crippen LogP contribution in [0.15, 0.2) is 42.5 Å². The predicted octanol–water partition coefficient (Wildman–Crippen LogP) is 3.64. The van der Waals surface area contributed by atoms with Crippen LogP contribution in [0.4, 0.5) is 0 Å². The summed E-state index contributed by atoms with van der Waals surface area (Å²) in [5.74, 6) is -0.105. The third kappa shape index (κ3) is 1.69. The molecule has 1 aliphatic heterocycles. The number of esters is 1. The molecule has 0 amide bonds. The minimum Gasteiger partial charge on any atom is -0.454 e. The summed E-state index contributed by atoms with van der Waals surface area (Å²) in [6.07, 6.45) is 0.754. The monoisotopic (exact) mass is 240 g/mol. The zero-order chi connectivity index (χ0) is 12.8. The lowest BCUT2D eigenvalue weighted by molar-refractivity contribution is -0.149. The van der Waals surface area contributed by atoms with E-state index in [4.69, 9.17) is 4.74 Å². The molecule has 0 N–H and O–H groups in total. The standard InChI is InChI=1S/C16H16O2/c1-11-10-16(2,18-15(11)17)14-8-7-12-5-3-4-6-13(12)9-14/h3-9,11H,10H2,1-2H3/t11-,16+/m0/s1. The van der Waals surface area contributed by atoms with Gasteiger partial charge < -0.3 is 4.74 Å². The molecule has 0 aliphatic carbocycles. The topological polar surface area (TPSA) is 26.3 Å². The number of cyclic esters (lactones) is 1. The first-order valence-corrected chi connectivity index (χ1v) is 6.31. The van der Waals surface area contributed by atoms with Gasteiger partial charge in [0, 0.05) is 6.42 Å². The number of fused-ring (bicyclic) bond motifs is 1. The zero-order valence-electron chi connectivity index (χ0n) is 10.6. The molecule has 1 fully saturated rings. The van der Waals surface area contributed by atoms with Crippen molar-refractivity contribution in [2.24, 2.45) is 5.92 Å². The van der Waals surface area contributed by atoms with Crippen molar-refractivity contribution in [1.29, 1.82) is 0 Å². The van der Waals surface area contributed by atoms with Gasteiger partial charge in [-0.1, -0.05) is 43.3 Å². The van der Waals surface area contributed by atoms with Gasteiger partial charge in [0.2, 0.25) is 0 Å². The summed E-state index contributed by atoms with van der Waals surface area (Å²) in [5.41, 5.74) is 0.611. The Hall–Kier alpha value is -1.83. The summed E-state index contributed by atoms with van der Waals surface area (Å²) < 4.78 is 5.56.